The third-order valence-electron chi connectivity index (χ3n) is 5.90. The molecular formula is C31H24BrFN4O4. The molecule has 0 aliphatic carbocycles. The van der Waals surface area contributed by atoms with E-state index in [0.29, 0.717) is 50.6 Å². The normalized spacial score (nSPS) is 11.1. The number of ether oxygens (including phenoxy) is 2. The van der Waals surface area contributed by atoms with E-state index in [1.807, 2.05) is 43.3 Å². The molecule has 5 aromatic rings. The standard InChI is InChI=1S/C31H24BrFN4O4/c1-2-40-27-16-20(15-25(32)29(27)41-19-28(38)35-23-12-8-11-22(33)17-23)18-34-37-30(21-9-4-3-5-10-21)36-26-14-7-6-13-24(26)31(37)39/h3-18H,2,19H2,1H3,(H,35,38). The number of hydrogen-bond acceptors (Lipinski definition) is 6. The van der Waals surface area contributed by atoms with Gasteiger partial charge in [-0.2, -0.15) is 9.78 Å². The summed E-state index contributed by atoms with van der Waals surface area (Å²) in [4.78, 5) is 30.5. The van der Waals surface area contributed by atoms with Crippen molar-refractivity contribution in [2.24, 2.45) is 5.10 Å². The van der Waals surface area contributed by atoms with Crippen LogP contribution in [0.4, 0.5) is 10.1 Å². The van der Waals surface area contributed by atoms with E-state index in [4.69, 9.17) is 14.5 Å². The molecule has 0 aliphatic heterocycles. The number of anilines is 1. The largest absolute Gasteiger partial charge is 0.490 e. The van der Waals surface area contributed by atoms with Crippen LogP contribution in [0.1, 0.15) is 12.5 Å². The maximum Gasteiger partial charge on any atom is 0.282 e. The van der Waals surface area contributed by atoms with E-state index >= 15 is 0 Å². The minimum absolute atomic E-state index is 0.306. The fourth-order valence-electron chi connectivity index (χ4n) is 4.10. The van der Waals surface area contributed by atoms with Gasteiger partial charge in [-0.05, 0) is 70.9 Å². The Labute approximate surface area is 243 Å². The van der Waals surface area contributed by atoms with Gasteiger partial charge in [0.2, 0.25) is 0 Å². The number of rotatable bonds is 9. The van der Waals surface area contributed by atoms with E-state index in [1.165, 1.54) is 29.1 Å². The molecule has 0 bridgehead atoms. The van der Waals surface area contributed by atoms with Crippen LogP contribution in [0, 0.1) is 5.82 Å². The van der Waals surface area contributed by atoms with Crippen molar-refractivity contribution in [1.29, 1.82) is 0 Å². The summed E-state index contributed by atoms with van der Waals surface area (Å²) in [5.41, 5.74) is 1.94. The van der Waals surface area contributed by atoms with Gasteiger partial charge in [-0.15, -0.1) is 0 Å². The second kappa shape index (κ2) is 12.6. The first-order chi connectivity index (χ1) is 19.9. The van der Waals surface area contributed by atoms with Crippen LogP contribution in [0.5, 0.6) is 11.5 Å². The van der Waals surface area contributed by atoms with Gasteiger partial charge in [0, 0.05) is 11.3 Å². The van der Waals surface area contributed by atoms with Gasteiger partial charge >= 0.3 is 0 Å². The molecule has 10 heteroatoms. The summed E-state index contributed by atoms with van der Waals surface area (Å²) in [6.45, 7) is 1.83. The number of aromatic nitrogens is 2. The summed E-state index contributed by atoms with van der Waals surface area (Å²) in [5, 5.41) is 7.54. The topological polar surface area (TPSA) is 94.8 Å². The maximum absolute atomic E-state index is 13.4. The van der Waals surface area contributed by atoms with E-state index in [1.54, 1.807) is 36.4 Å². The fourth-order valence-corrected chi connectivity index (χ4v) is 4.67. The molecule has 1 amide bonds. The van der Waals surface area contributed by atoms with E-state index in [0.717, 1.165) is 5.56 Å². The highest BCUT2D eigenvalue weighted by molar-refractivity contribution is 9.10. The predicted molar refractivity (Wildman–Crippen MR) is 160 cm³/mol. The van der Waals surface area contributed by atoms with E-state index < -0.39 is 11.7 Å². The summed E-state index contributed by atoms with van der Waals surface area (Å²) < 4.78 is 26.7. The zero-order valence-corrected chi connectivity index (χ0v) is 23.5. The van der Waals surface area contributed by atoms with Crippen molar-refractivity contribution in [1.82, 2.24) is 9.66 Å². The Balaban J connectivity index is 1.44. The highest BCUT2D eigenvalue weighted by Gasteiger charge is 2.15. The van der Waals surface area contributed by atoms with Gasteiger partial charge in [-0.1, -0.05) is 48.5 Å². The van der Waals surface area contributed by atoms with Crippen molar-refractivity contribution in [3.63, 3.8) is 0 Å². The molecule has 0 spiro atoms. The van der Waals surface area contributed by atoms with Crippen LogP contribution in [0.15, 0.2) is 105 Å². The van der Waals surface area contributed by atoms with Gasteiger partial charge in [0.15, 0.2) is 23.9 Å². The molecule has 0 unspecified atom stereocenters. The lowest BCUT2D eigenvalue weighted by atomic mass is 10.2. The van der Waals surface area contributed by atoms with Gasteiger partial charge in [0.25, 0.3) is 11.5 Å². The number of carbonyl (C=O) groups excluding carboxylic acids is 1. The van der Waals surface area contributed by atoms with Crippen molar-refractivity contribution in [2.45, 2.75) is 6.92 Å². The predicted octanol–water partition coefficient (Wildman–Crippen LogP) is 6.26. The van der Waals surface area contributed by atoms with Crippen LogP contribution in [-0.2, 0) is 4.79 Å². The summed E-state index contributed by atoms with van der Waals surface area (Å²) >= 11 is 3.49. The Hall–Kier alpha value is -4.83. The Morgan fingerprint density at radius 2 is 1.80 bits per heavy atom. The highest BCUT2D eigenvalue weighted by Crippen LogP contribution is 2.36. The van der Waals surface area contributed by atoms with Crippen molar-refractivity contribution in [2.75, 3.05) is 18.5 Å². The van der Waals surface area contributed by atoms with Gasteiger partial charge in [-0.3, -0.25) is 9.59 Å². The minimum Gasteiger partial charge on any atom is -0.490 e. The van der Waals surface area contributed by atoms with E-state index in [-0.39, 0.29) is 12.2 Å². The number of benzene rings is 4. The average Bonchev–Trinajstić information content (AvgIpc) is 2.97. The zero-order valence-electron chi connectivity index (χ0n) is 21.9. The lowest BCUT2D eigenvalue weighted by Crippen LogP contribution is -2.21. The monoisotopic (exact) mass is 614 g/mol. The summed E-state index contributed by atoms with van der Waals surface area (Å²) in [6.07, 6.45) is 1.53. The molecule has 1 heterocycles. The number of carbonyl (C=O) groups is 1. The van der Waals surface area contributed by atoms with Crippen LogP contribution < -0.4 is 20.3 Å². The van der Waals surface area contributed by atoms with Crippen LogP contribution in [0.25, 0.3) is 22.3 Å². The molecule has 0 fully saturated rings. The molecule has 1 N–H and O–H groups in total. The van der Waals surface area contributed by atoms with Gasteiger partial charge in [0.1, 0.15) is 5.82 Å². The molecule has 0 saturated heterocycles. The smallest absolute Gasteiger partial charge is 0.282 e. The quantitative estimate of drug-likeness (QED) is 0.198. The molecule has 5 rings (SSSR count). The average molecular weight is 615 g/mol. The second-order valence-electron chi connectivity index (χ2n) is 8.79. The first-order valence-electron chi connectivity index (χ1n) is 12.7. The Morgan fingerprint density at radius 1 is 1.02 bits per heavy atom. The number of hydrogen-bond donors (Lipinski definition) is 1. The maximum atomic E-state index is 13.4. The lowest BCUT2D eigenvalue weighted by molar-refractivity contribution is -0.118. The third-order valence-corrected chi connectivity index (χ3v) is 6.48. The summed E-state index contributed by atoms with van der Waals surface area (Å²) in [5.74, 6) is 0.160. The lowest BCUT2D eigenvalue weighted by Gasteiger charge is -2.15. The molecule has 0 saturated carbocycles. The third kappa shape index (κ3) is 6.50. The van der Waals surface area contributed by atoms with Crippen LogP contribution in [0.2, 0.25) is 0 Å². The number of halogens is 2. The van der Waals surface area contributed by atoms with Gasteiger partial charge < -0.3 is 14.8 Å². The Kier molecular flexibility index (Phi) is 8.50. The SMILES string of the molecule is CCOc1cc(C=Nn2c(-c3ccccc3)nc3ccccc3c2=O)cc(Br)c1OCC(=O)Nc1cccc(F)c1. The molecule has 8 nitrogen and oxygen atoms in total. The molecular weight excluding hydrogens is 591 g/mol. The first-order valence-corrected chi connectivity index (χ1v) is 13.5. The molecule has 206 valence electrons. The van der Waals surface area contributed by atoms with Crippen molar-refractivity contribution in [3.8, 4) is 22.9 Å². The highest BCUT2D eigenvalue weighted by atomic mass is 79.9. The molecule has 0 aliphatic rings. The van der Waals surface area contributed by atoms with Crippen molar-refractivity contribution in [3.05, 3.63) is 117 Å². The second-order valence-corrected chi connectivity index (χ2v) is 9.64. The zero-order chi connectivity index (χ0) is 28.8. The summed E-state index contributed by atoms with van der Waals surface area (Å²) in [6, 6.07) is 25.5. The molecule has 41 heavy (non-hydrogen) atoms. The molecule has 0 radical (unpaired) electrons. The Morgan fingerprint density at radius 3 is 2.59 bits per heavy atom. The number of nitrogens with zero attached hydrogens (tertiary/aromatic N) is 3. The van der Waals surface area contributed by atoms with Gasteiger partial charge in [0.05, 0.1) is 28.2 Å². The minimum atomic E-state index is -0.466. The Bertz CT molecular complexity index is 1810. The number of amides is 1. The molecule has 0 atom stereocenters. The summed E-state index contributed by atoms with van der Waals surface area (Å²) in [7, 11) is 0. The molecule has 1 aromatic heterocycles. The van der Waals surface area contributed by atoms with E-state index in [9.17, 15) is 14.0 Å². The van der Waals surface area contributed by atoms with Crippen LogP contribution in [0.3, 0.4) is 0 Å². The van der Waals surface area contributed by atoms with Crippen molar-refractivity contribution >= 4 is 44.6 Å². The number of nitrogens with one attached hydrogen (secondary N) is 1. The first kappa shape index (κ1) is 27.7. The van der Waals surface area contributed by atoms with Crippen molar-refractivity contribution < 1.29 is 18.7 Å². The number of para-hydroxylation sites is 1. The van der Waals surface area contributed by atoms with Crippen LogP contribution >= 0.6 is 15.9 Å². The molecule has 4 aromatic carbocycles. The van der Waals surface area contributed by atoms with Gasteiger partial charge in [-0.25, -0.2) is 9.37 Å². The fraction of sp³-hybridized carbons (Fsp3) is 0.0968. The van der Waals surface area contributed by atoms with Crippen LogP contribution in [-0.4, -0.2) is 35.0 Å². The number of fused-ring (bicyclic) bond motifs is 1. The van der Waals surface area contributed by atoms with E-state index in [2.05, 4.69) is 26.3 Å².